The number of hydrogen-bond donors (Lipinski definition) is 2. The summed E-state index contributed by atoms with van der Waals surface area (Å²) in [6.07, 6.45) is 5.94. The van der Waals surface area contributed by atoms with Crippen molar-refractivity contribution in [2.75, 3.05) is 6.54 Å². The molecule has 6 nitrogen and oxygen atoms in total. The predicted octanol–water partition coefficient (Wildman–Crippen LogP) is 3.04. The molecule has 28 heavy (non-hydrogen) atoms. The summed E-state index contributed by atoms with van der Waals surface area (Å²) in [5.74, 6) is 1.46. The molecule has 0 saturated carbocycles. The van der Waals surface area contributed by atoms with Gasteiger partial charge in [0.15, 0.2) is 5.96 Å². The zero-order valence-corrected chi connectivity index (χ0v) is 16.3. The summed E-state index contributed by atoms with van der Waals surface area (Å²) in [6, 6.07) is 14.4. The van der Waals surface area contributed by atoms with Crippen LogP contribution in [0.25, 0.3) is 0 Å². The SMILES string of the molecule is CCNC(=NCc1ccnc(OCc2ccccc2)c1)NC1CC2CCC1O2. The molecule has 2 fully saturated rings. The molecule has 2 saturated heterocycles. The Balaban J connectivity index is 1.35. The van der Waals surface area contributed by atoms with Crippen LogP contribution in [0.4, 0.5) is 0 Å². The zero-order valence-electron chi connectivity index (χ0n) is 16.3. The molecule has 148 valence electrons. The number of guanidine groups is 1. The van der Waals surface area contributed by atoms with Gasteiger partial charge in [0.05, 0.1) is 24.8 Å². The van der Waals surface area contributed by atoms with E-state index in [0.717, 1.165) is 36.5 Å². The van der Waals surface area contributed by atoms with E-state index in [2.05, 4.69) is 22.5 Å². The van der Waals surface area contributed by atoms with Gasteiger partial charge in [0.2, 0.25) is 5.88 Å². The van der Waals surface area contributed by atoms with E-state index in [1.807, 2.05) is 42.5 Å². The Bertz CT molecular complexity index is 796. The van der Waals surface area contributed by atoms with Gasteiger partial charge in [0.25, 0.3) is 0 Å². The number of fused-ring (bicyclic) bond motifs is 2. The van der Waals surface area contributed by atoms with Crippen LogP contribution in [0.5, 0.6) is 5.88 Å². The lowest BCUT2D eigenvalue weighted by atomic mass is 9.96. The minimum Gasteiger partial charge on any atom is -0.473 e. The molecule has 1 aromatic carbocycles. The Labute approximate surface area is 166 Å². The quantitative estimate of drug-likeness (QED) is 0.571. The number of ether oxygens (including phenoxy) is 2. The Morgan fingerprint density at radius 3 is 2.86 bits per heavy atom. The molecule has 2 aliphatic heterocycles. The van der Waals surface area contributed by atoms with Crippen molar-refractivity contribution in [3.8, 4) is 5.88 Å². The number of pyridine rings is 1. The van der Waals surface area contributed by atoms with Crippen LogP contribution in [0.15, 0.2) is 53.7 Å². The van der Waals surface area contributed by atoms with Crippen LogP contribution < -0.4 is 15.4 Å². The fraction of sp³-hybridized carbons (Fsp3) is 0.455. The lowest BCUT2D eigenvalue weighted by Crippen LogP contribution is -2.47. The molecule has 6 heteroatoms. The normalized spacial score (nSPS) is 23.6. The molecule has 4 rings (SSSR count). The van der Waals surface area contributed by atoms with E-state index in [0.29, 0.717) is 37.3 Å². The van der Waals surface area contributed by atoms with E-state index in [-0.39, 0.29) is 0 Å². The molecule has 0 amide bonds. The Hall–Kier alpha value is -2.60. The molecule has 1 aromatic heterocycles. The molecule has 0 radical (unpaired) electrons. The van der Waals surface area contributed by atoms with E-state index < -0.39 is 0 Å². The maximum Gasteiger partial charge on any atom is 0.213 e. The third-order valence-electron chi connectivity index (χ3n) is 5.22. The van der Waals surface area contributed by atoms with Crippen LogP contribution in [-0.4, -0.2) is 35.7 Å². The van der Waals surface area contributed by atoms with Gasteiger partial charge in [-0.15, -0.1) is 0 Å². The highest BCUT2D eigenvalue weighted by atomic mass is 16.5. The molecule has 2 aliphatic rings. The first kappa shape index (κ1) is 18.7. The average molecular weight is 380 g/mol. The number of hydrogen-bond acceptors (Lipinski definition) is 4. The summed E-state index contributed by atoms with van der Waals surface area (Å²) < 4.78 is 11.8. The van der Waals surface area contributed by atoms with Gasteiger partial charge in [0.1, 0.15) is 6.61 Å². The third kappa shape index (κ3) is 4.81. The first-order valence-electron chi connectivity index (χ1n) is 10.1. The van der Waals surface area contributed by atoms with E-state index in [4.69, 9.17) is 14.5 Å². The summed E-state index contributed by atoms with van der Waals surface area (Å²) >= 11 is 0. The number of aromatic nitrogens is 1. The summed E-state index contributed by atoms with van der Waals surface area (Å²) in [5, 5.41) is 6.88. The highest BCUT2D eigenvalue weighted by Crippen LogP contribution is 2.34. The van der Waals surface area contributed by atoms with Crippen LogP contribution in [0.3, 0.4) is 0 Å². The van der Waals surface area contributed by atoms with Crippen molar-refractivity contribution in [1.82, 2.24) is 15.6 Å². The fourth-order valence-electron chi connectivity index (χ4n) is 3.81. The van der Waals surface area contributed by atoms with Gasteiger partial charge < -0.3 is 20.1 Å². The molecule has 0 spiro atoms. The summed E-state index contributed by atoms with van der Waals surface area (Å²) in [4.78, 5) is 9.05. The number of benzene rings is 1. The van der Waals surface area contributed by atoms with Crippen molar-refractivity contribution in [3.05, 3.63) is 59.8 Å². The van der Waals surface area contributed by atoms with E-state index in [1.54, 1.807) is 6.20 Å². The van der Waals surface area contributed by atoms with E-state index in [9.17, 15) is 0 Å². The lowest BCUT2D eigenvalue weighted by molar-refractivity contribution is 0.0992. The van der Waals surface area contributed by atoms with Crippen LogP contribution in [0.2, 0.25) is 0 Å². The van der Waals surface area contributed by atoms with Gasteiger partial charge in [0, 0.05) is 18.8 Å². The lowest BCUT2D eigenvalue weighted by Gasteiger charge is -2.22. The number of nitrogens with zero attached hydrogens (tertiary/aromatic N) is 2. The van der Waals surface area contributed by atoms with Crippen molar-refractivity contribution in [2.24, 2.45) is 4.99 Å². The third-order valence-corrected chi connectivity index (χ3v) is 5.22. The molecular weight excluding hydrogens is 352 g/mol. The van der Waals surface area contributed by atoms with Crippen LogP contribution >= 0.6 is 0 Å². The minimum absolute atomic E-state index is 0.327. The van der Waals surface area contributed by atoms with Crippen LogP contribution in [0.1, 0.15) is 37.3 Å². The average Bonchev–Trinajstić information content (AvgIpc) is 3.35. The predicted molar refractivity (Wildman–Crippen MR) is 109 cm³/mol. The molecule has 0 aliphatic carbocycles. The van der Waals surface area contributed by atoms with Crippen molar-refractivity contribution in [1.29, 1.82) is 0 Å². The monoisotopic (exact) mass is 380 g/mol. The number of rotatable bonds is 7. The molecule has 3 atom stereocenters. The summed E-state index contributed by atoms with van der Waals surface area (Å²) in [7, 11) is 0. The topological polar surface area (TPSA) is 67.8 Å². The molecular formula is C22H28N4O2. The van der Waals surface area contributed by atoms with Crippen molar-refractivity contribution < 1.29 is 9.47 Å². The first-order chi connectivity index (χ1) is 13.8. The van der Waals surface area contributed by atoms with E-state index in [1.165, 1.54) is 6.42 Å². The maximum absolute atomic E-state index is 5.94. The maximum atomic E-state index is 5.94. The Morgan fingerprint density at radius 1 is 1.21 bits per heavy atom. The number of nitrogens with one attached hydrogen (secondary N) is 2. The van der Waals surface area contributed by atoms with Crippen molar-refractivity contribution in [2.45, 2.75) is 57.6 Å². The standard InChI is InChI=1S/C22H28N4O2/c1-2-23-22(26-19-13-18-8-9-20(19)28-18)25-14-17-10-11-24-21(12-17)27-15-16-6-4-3-5-7-16/h3-7,10-12,18-20H,2,8-9,13-15H2,1H3,(H2,23,25,26). The van der Waals surface area contributed by atoms with Gasteiger partial charge in [-0.25, -0.2) is 9.98 Å². The van der Waals surface area contributed by atoms with Gasteiger partial charge in [-0.05, 0) is 43.4 Å². The summed E-state index contributed by atoms with van der Waals surface area (Å²) in [5.41, 5.74) is 2.19. The van der Waals surface area contributed by atoms with Crippen LogP contribution in [-0.2, 0) is 17.9 Å². The van der Waals surface area contributed by atoms with Crippen molar-refractivity contribution in [3.63, 3.8) is 0 Å². The Kier molecular flexibility index (Phi) is 6.07. The minimum atomic E-state index is 0.327. The van der Waals surface area contributed by atoms with Crippen molar-refractivity contribution >= 4 is 5.96 Å². The highest BCUT2D eigenvalue weighted by molar-refractivity contribution is 5.80. The fourth-order valence-corrected chi connectivity index (χ4v) is 3.81. The molecule has 3 unspecified atom stereocenters. The van der Waals surface area contributed by atoms with Crippen LogP contribution in [0, 0.1) is 0 Å². The molecule has 2 N–H and O–H groups in total. The molecule has 2 aromatic rings. The van der Waals surface area contributed by atoms with Gasteiger partial charge in [-0.3, -0.25) is 0 Å². The van der Waals surface area contributed by atoms with E-state index >= 15 is 0 Å². The molecule has 2 bridgehead atoms. The summed E-state index contributed by atoms with van der Waals surface area (Å²) in [6.45, 7) is 3.99. The second kappa shape index (κ2) is 9.06. The highest BCUT2D eigenvalue weighted by Gasteiger charge is 2.41. The molecule has 3 heterocycles. The van der Waals surface area contributed by atoms with Gasteiger partial charge >= 0.3 is 0 Å². The van der Waals surface area contributed by atoms with Gasteiger partial charge in [-0.2, -0.15) is 0 Å². The largest absolute Gasteiger partial charge is 0.473 e. The number of aliphatic imine (C=N–C) groups is 1. The first-order valence-corrected chi connectivity index (χ1v) is 10.1. The second-order valence-electron chi connectivity index (χ2n) is 7.33. The zero-order chi connectivity index (χ0) is 19.2. The smallest absolute Gasteiger partial charge is 0.213 e. The Morgan fingerprint density at radius 2 is 2.11 bits per heavy atom. The second-order valence-corrected chi connectivity index (χ2v) is 7.33. The van der Waals surface area contributed by atoms with Gasteiger partial charge in [-0.1, -0.05) is 30.3 Å².